The molecule has 1 aliphatic carbocycles. The average Bonchev–Trinajstić information content (AvgIpc) is 3.21. The molecule has 1 aliphatic heterocycles. The van der Waals surface area contributed by atoms with Crippen LogP contribution >= 0.6 is 0 Å². The molecule has 0 spiro atoms. The number of benzene rings is 1. The van der Waals surface area contributed by atoms with Crippen LogP contribution in [-0.4, -0.2) is 71.4 Å². The lowest BCUT2D eigenvalue weighted by atomic mass is 9.92. The van der Waals surface area contributed by atoms with E-state index in [1.54, 1.807) is 0 Å². The molecule has 2 aliphatic rings. The second-order valence-corrected chi connectivity index (χ2v) is 8.99. The number of rotatable bonds is 7. The van der Waals surface area contributed by atoms with Crippen molar-refractivity contribution in [1.29, 1.82) is 0 Å². The molecule has 1 saturated heterocycles. The first-order valence-corrected chi connectivity index (χ1v) is 11.8. The Morgan fingerprint density at radius 1 is 0.909 bits per heavy atom. The number of H-pyrrole nitrogens is 1. The molecule has 0 unspecified atom stereocenters. The molecule has 7 nitrogen and oxygen atoms in total. The van der Waals surface area contributed by atoms with Gasteiger partial charge in [-0.2, -0.15) is 0 Å². The van der Waals surface area contributed by atoms with Crippen molar-refractivity contribution in [3.05, 3.63) is 55.0 Å². The van der Waals surface area contributed by atoms with Crippen molar-refractivity contribution in [1.82, 2.24) is 25.2 Å². The third-order valence-corrected chi connectivity index (χ3v) is 6.78. The van der Waals surface area contributed by atoms with E-state index < -0.39 is 0 Å². The summed E-state index contributed by atoms with van der Waals surface area (Å²) in [7, 11) is 0. The standard InChI is InChI=1S/C26H29N5O2/c1-3-22-23-17-28-6-5-24(23)30-25(22)13-18(1)19-2-4-26(29-16-19)33-21-14-20(15-21)32-12-11-31-9-7-27-8-10-31/h1-6,13,16-17,20-21,27,30H,7-12,14-15H2/t20-,21+. The van der Waals surface area contributed by atoms with Gasteiger partial charge in [0, 0.05) is 97.6 Å². The second kappa shape index (κ2) is 9.09. The predicted molar refractivity (Wildman–Crippen MR) is 130 cm³/mol. The molecule has 0 radical (unpaired) electrons. The largest absolute Gasteiger partial charge is 0.474 e. The van der Waals surface area contributed by atoms with Crippen LogP contribution in [0.1, 0.15) is 12.8 Å². The van der Waals surface area contributed by atoms with Crippen LogP contribution in [0.4, 0.5) is 0 Å². The highest BCUT2D eigenvalue weighted by molar-refractivity contribution is 6.07. The molecule has 4 heterocycles. The number of aromatic nitrogens is 3. The molecule has 1 aromatic carbocycles. The Kier molecular flexibility index (Phi) is 5.68. The fourth-order valence-corrected chi connectivity index (χ4v) is 4.75. The molecule has 4 aromatic rings. The number of fused-ring (bicyclic) bond motifs is 3. The number of ether oxygens (including phenoxy) is 2. The first-order valence-electron chi connectivity index (χ1n) is 11.8. The van der Waals surface area contributed by atoms with Crippen LogP contribution < -0.4 is 10.1 Å². The molecular weight excluding hydrogens is 414 g/mol. The minimum Gasteiger partial charge on any atom is -0.474 e. The summed E-state index contributed by atoms with van der Waals surface area (Å²) in [5, 5.41) is 5.71. The van der Waals surface area contributed by atoms with Gasteiger partial charge in [-0.3, -0.25) is 9.88 Å². The highest BCUT2D eigenvalue weighted by Gasteiger charge is 2.32. The molecule has 33 heavy (non-hydrogen) atoms. The molecule has 0 amide bonds. The maximum atomic E-state index is 6.05. The molecule has 7 heteroatoms. The molecule has 6 rings (SSSR count). The molecule has 0 atom stereocenters. The Balaban J connectivity index is 1.02. The Morgan fingerprint density at radius 2 is 1.79 bits per heavy atom. The molecule has 3 aromatic heterocycles. The summed E-state index contributed by atoms with van der Waals surface area (Å²) in [6.07, 6.45) is 8.00. The number of pyridine rings is 2. The number of hydrogen-bond donors (Lipinski definition) is 2. The monoisotopic (exact) mass is 443 g/mol. The number of hydrogen-bond acceptors (Lipinski definition) is 6. The van der Waals surface area contributed by atoms with Gasteiger partial charge in [-0.05, 0) is 23.8 Å². The normalized spacial score (nSPS) is 21.3. The van der Waals surface area contributed by atoms with Crippen molar-refractivity contribution >= 4 is 21.8 Å². The Hall–Kier alpha value is -3.00. The van der Waals surface area contributed by atoms with E-state index in [4.69, 9.17) is 9.47 Å². The van der Waals surface area contributed by atoms with Crippen LogP contribution in [0.2, 0.25) is 0 Å². The lowest BCUT2D eigenvalue weighted by Gasteiger charge is -2.35. The first kappa shape index (κ1) is 20.6. The van der Waals surface area contributed by atoms with Gasteiger partial charge in [-0.15, -0.1) is 0 Å². The van der Waals surface area contributed by atoms with Gasteiger partial charge in [-0.25, -0.2) is 4.98 Å². The summed E-state index contributed by atoms with van der Waals surface area (Å²) >= 11 is 0. The number of nitrogens with one attached hydrogen (secondary N) is 2. The Bertz CT molecular complexity index is 1230. The fourth-order valence-electron chi connectivity index (χ4n) is 4.75. The van der Waals surface area contributed by atoms with Crippen LogP contribution in [-0.2, 0) is 4.74 Å². The lowest BCUT2D eigenvalue weighted by Crippen LogP contribution is -2.46. The smallest absolute Gasteiger partial charge is 0.213 e. The average molecular weight is 444 g/mol. The van der Waals surface area contributed by atoms with Gasteiger partial charge in [-0.1, -0.05) is 12.1 Å². The summed E-state index contributed by atoms with van der Waals surface area (Å²) in [5.41, 5.74) is 4.41. The van der Waals surface area contributed by atoms with Gasteiger partial charge in [0.15, 0.2) is 0 Å². The highest BCUT2D eigenvalue weighted by Crippen LogP contribution is 2.31. The summed E-state index contributed by atoms with van der Waals surface area (Å²) in [6.45, 7) is 6.24. The van der Waals surface area contributed by atoms with E-state index in [9.17, 15) is 0 Å². The van der Waals surface area contributed by atoms with E-state index >= 15 is 0 Å². The first-order chi connectivity index (χ1) is 16.3. The Labute approximate surface area is 193 Å². The van der Waals surface area contributed by atoms with Gasteiger partial charge in [0.2, 0.25) is 5.88 Å². The maximum Gasteiger partial charge on any atom is 0.213 e. The van der Waals surface area contributed by atoms with Crippen LogP contribution in [0.25, 0.3) is 32.9 Å². The van der Waals surface area contributed by atoms with Gasteiger partial charge in [0.25, 0.3) is 0 Å². The van der Waals surface area contributed by atoms with E-state index in [1.807, 2.05) is 30.7 Å². The van der Waals surface area contributed by atoms with Crippen molar-refractivity contribution in [2.24, 2.45) is 0 Å². The molecule has 2 N–H and O–H groups in total. The SMILES string of the molecule is c1cc2[nH]c3cc(-c4ccc(O[C@H]5C[C@@H](OCCN6CCNCC6)C5)nc4)ccc3c2cn1. The molecule has 1 saturated carbocycles. The summed E-state index contributed by atoms with van der Waals surface area (Å²) in [4.78, 5) is 14.7. The van der Waals surface area contributed by atoms with E-state index in [0.29, 0.717) is 12.0 Å². The summed E-state index contributed by atoms with van der Waals surface area (Å²) in [6, 6.07) is 12.5. The van der Waals surface area contributed by atoms with Crippen LogP contribution in [0.15, 0.2) is 55.0 Å². The quantitative estimate of drug-likeness (QED) is 0.455. The lowest BCUT2D eigenvalue weighted by molar-refractivity contribution is -0.0665. The van der Waals surface area contributed by atoms with Crippen molar-refractivity contribution < 1.29 is 9.47 Å². The van der Waals surface area contributed by atoms with Crippen molar-refractivity contribution in [2.75, 3.05) is 39.3 Å². The van der Waals surface area contributed by atoms with Crippen LogP contribution in [0.3, 0.4) is 0 Å². The number of aromatic amines is 1. The van der Waals surface area contributed by atoms with Gasteiger partial charge < -0.3 is 19.8 Å². The molecule has 170 valence electrons. The van der Waals surface area contributed by atoms with E-state index in [2.05, 4.69) is 49.4 Å². The van der Waals surface area contributed by atoms with Crippen LogP contribution in [0, 0.1) is 0 Å². The highest BCUT2D eigenvalue weighted by atomic mass is 16.5. The van der Waals surface area contributed by atoms with Gasteiger partial charge in [0.1, 0.15) is 6.10 Å². The predicted octanol–water partition coefficient (Wildman–Crippen LogP) is 3.61. The number of piperazine rings is 1. The minimum absolute atomic E-state index is 0.198. The zero-order valence-electron chi connectivity index (χ0n) is 18.7. The second-order valence-electron chi connectivity index (χ2n) is 8.99. The van der Waals surface area contributed by atoms with Crippen molar-refractivity contribution in [3.63, 3.8) is 0 Å². The molecule has 0 bridgehead atoms. The third kappa shape index (κ3) is 4.44. The zero-order valence-corrected chi connectivity index (χ0v) is 18.7. The maximum absolute atomic E-state index is 6.05. The fraction of sp³-hybridized carbons (Fsp3) is 0.385. The summed E-state index contributed by atoms with van der Waals surface area (Å²) in [5.74, 6) is 0.681. The van der Waals surface area contributed by atoms with Crippen LogP contribution in [0.5, 0.6) is 5.88 Å². The van der Waals surface area contributed by atoms with Gasteiger partial charge in [0.05, 0.1) is 12.7 Å². The minimum atomic E-state index is 0.198. The molecule has 2 fully saturated rings. The van der Waals surface area contributed by atoms with E-state index in [-0.39, 0.29) is 6.10 Å². The van der Waals surface area contributed by atoms with Crippen molar-refractivity contribution in [2.45, 2.75) is 25.0 Å². The Morgan fingerprint density at radius 3 is 2.64 bits per heavy atom. The van der Waals surface area contributed by atoms with E-state index in [1.165, 1.54) is 5.39 Å². The van der Waals surface area contributed by atoms with Crippen molar-refractivity contribution in [3.8, 4) is 17.0 Å². The van der Waals surface area contributed by atoms with E-state index in [0.717, 1.165) is 79.7 Å². The molecular formula is C26H29N5O2. The zero-order chi connectivity index (χ0) is 22.0. The summed E-state index contributed by atoms with van der Waals surface area (Å²) < 4.78 is 12.1. The topological polar surface area (TPSA) is 75.3 Å². The number of nitrogens with zero attached hydrogens (tertiary/aromatic N) is 3. The van der Waals surface area contributed by atoms with Gasteiger partial charge >= 0.3 is 0 Å². The third-order valence-electron chi connectivity index (χ3n) is 6.78.